The molecule has 1 aliphatic rings. The predicted molar refractivity (Wildman–Crippen MR) is 62.7 cm³/mol. The fraction of sp³-hybridized carbons (Fsp3) is 0.538. The third-order valence-corrected chi connectivity index (χ3v) is 3.05. The number of ether oxygens (including phenoxy) is 1. The molecule has 1 N–H and O–H groups in total. The van der Waals surface area contributed by atoms with Gasteiger partial charge in [-0.25, -0.2) is 0 Å². The predicted octanol–water partition coefficient (Wildman–Crippen LogP) is 3.22. The Kier molecular flexibility index (Phi) is 3.80. The summed E-state index contributed by atoms with van der Waals surface area (Å²) in [6.07, 6.45) is -2.41. The average molecular weight is 259 g/mol. The van der Waals surface area contributed by atoms with E-state index in [0.717, 1.165) is 24.9 Å². The van der Waals surface area contributed by atoms with Crippen LogP contribution in [-0.2, 0) is 6.42 Å². The minimum atomic E-state index is -4.29. The lowest BCUT2D eigenvalue weighted by Gasteiger charge is -2.13. The highest BCUT2D eigenvalue weighted by Gasteiger charge is 2.29. The first kappa shape index (κ1) is 13.2. The van der Waals surface area contributed by atoms with Crippen molar-refractivity contribution in [3.8, 4) is 5.75 Å². The molecule has 0 saturated carbocycles. The molecule has 100 valence electrons. The Morgan fingerprint density at radius 3 is 2.83 bits per heavy atom. The highest BCUT2D eigenvalue weighted by molar-refractivity contribution is 5.40. The zero-order valence-electron chi connectivity index (χ0n) is 10.2. The number of rotatable bonds is 4. The molecule has 1 atom stereocenters. The molecule has 0 radical (unpaired) electrons. The van der Waals surface area contributed by atoms with Crippen LogP contribution in [0.15, 0.2) is 18.2 Å². The number of halogens is 3. The van der Waals surface area contributed by atoms with Gasteiger partial charge in [-0.1, -0.05) is 13.0 Å². The van der Waals surface area contributed by atoms with E-state index in [1.165, 1.54) is 5.56 Å². The summed E-state index contributed by atoms with van der Waals surface area (Å²) in [5.41, 5.74) is 2.26. The minimum Gasteiger partial charge on any atom is -0.484 e. The molecule has 0 aliphatic heterocycles. The van der Waals surface area contributed by atoms with Crippen molar-refractivity contribution >= 4 is 0 Å². The maximum atomic E-state index is 12.0. The smallest absolute Gasteiger partial charge is 0.422 e. The Morgan fingerprint density at radius 1 is 1.39 bits per heavy atom. The lowest BCUT2D eigenvalue weighted by atomic mass is 10.1. The van der Waals surface area contributed by atoms with Crippen molar-refractivity contribution in [2.45, 2.75) is 32.0 Å². The second-order valence-electron chi connectivity index (χ2n) is 4.41. The average Bonchev–Trinajstić information content (AvgIpc) is 2.69. The lowest BCUT2D eigenvalue weighted by molar-refractivity contribution is -0.153. The molecule has 0 amide bonds. The van der Waals surface area contributed by atoms with Crippen molar-refractivity contribution in [1.29, 1.82) is 0 Å². The van der Waals surface area contributed by atoms with Crippen LogP contribution in [-0.4, -0.2) is 19.3 Å². The second-order valence-corrected chi connectivity index (χ2v) is 4.41. The topological polar surface area (TPSA) is 21.3 Å². The fourth-order valence-corrected chi connectivity index (χ4v) is 2.31. The van der Waals surface area contributed by atoms with Crippen molar-refractivity contribution in [1.82, 2.24) is 5.32 Å². The largest absolute Gasteiger partial charge is 0.484 e. The van der Waals surface area contributed by atoms with Crippen LogP contribution in [0.1, 0.15) is 30.5 Å². The molecule has 1 aromatic rings. The van der Waals surface area contributed by atoms with Crippen LogP contribution < -0.4 is 10.1 Å². The summed E-state index contributed by atoms with van der Waals surface area (Å²) in [6, 6.07) is 5.52. The SMILES string of the molecule is CCNC1CCc2cc(OCC(F)(F)F)ccc21. The first-order valence-electron chi connectivity index (χ1n) is 6.05. The Bertz CT molecular complexity index is 417. The van der Waals surface area contributed by atoms with Gasteiger partial charge in [-0.05, 0) is 42.6 Å². The molecular formula is C13H16F3NO. The third kappa shape index (κ3) is 3.16. The summed E-state index contributed by atoms with van der Waals surface area (Å²) in [4.78, 5) is 0. The fourth-order valence-electron chi connectivity index (χ4n) is 2.31. The Hall–Kier alpha value is -1.23. The Labute approximate surface area is 104 Å². The standard InChI is InChI=1S/C13H16F3NO/c1-2-17-12-6-3-9-7-10(4-5-11(9)12)18-8-13(14,15)16/h4-5,7,12,17H,2-3,6,8H2,1H3. The van der Waals surface area contributed by atoms with Crippen molar-refractivity contribution in [2.24, 2.45) is 0 Å². The number of aryl methyl sites for hydroxylation is 1. The van der Waals surface area contributed by atoms with Gasteiger partial charge in [-0.15, -0.1) is 0 Å². The molecule has 1 unspecified atom stereocenters. The molecule has 0 aromatic heterocycles. The van der Waals surface area contributed by atoms with E-state index in [-0.39, 0.29) is 0 Å². The van der Waals surface area contributed by atoms with Crippen LogP contribution in [0.2, 0.25) is 0 Å². The maximum Gasteiger partial charge on any atom is 0.422 e. The van der Waals surface area contributed by atoms with Crippen LogP contribution in [0.4, 0.5) is 13.2 Å². The van der Waals surface area contributed by atoms with Gasteiger partial charge in [0.1, 0.15) is 5.75 Å². The van der Waals surface area contributed by atoms with Crippen LogP contribution >= 0.6 is 0 Å². The maximum absolute atomic E-state index is 12.0. The van der Waals surface area contributed by atoms with Crippen LogP contribution in [0.25, 0.3) is 0 Å². The molecule has 0 heterocycles. The van der Waals surface area contributed by atoms with Crippen molar-refractivity contribution in [3.63, 3.8) is 0 Å². The number of benzene rings is 1. The van der Waals surface area contributed by atoms with Crippen molar-refractivity contribution in [3.05, 3.63) is 29.3 Å². The highest BCUT2D eigenvalue weighted by Crippen LogP contribution is 2.33. The Morgan fingerprint density at radius 2 is 2.17 bits per heavy atom. The molecule has 1 aromatic carbocycles. The number of nitrogens with one attached hydrogen (secondary N) is 1. The van der Waals surface area contributed by atoms with E-state index in [4.69, 9.17) is 4.74 Å². The summed E-state index contributed by atoms with van der Waals surface area (Å²) >= 11 is 0. The summed E-state index contributed by atoms with van der Waals surface area (Å²) < 4.78 is 40.9. The molecule has 1 aliphatic carbocycles. The molecule has 2 rings (SSSR count). The van der Waals surface area contributed by atoms with Crippen LogP contribution in [0.5, 0.6) is 5.75 Å². The van der Waals surface area contributed by atoms with E-state index >= 15 is 0 Å². The molecule has 0 saturated heterocycles. The van der Waals surface area contributed by atoms with Gasteiger partial charge < -0.3 is 10.1 Å². The minimum absolute atomic E-state index is 0.295. The number of alkyl halides is 3. The molecule has 0 spiro atoms. The van der Waals surface area contributed by atoms with Crippen LogP contribution in [0.3, 0.4) is 0 Å². The van der Waals surface area contributed by atoms with E-state index < -0.39 is 12.8 Å². The molecule has 0 fully saturated rings. The molecular weight excluding hydrogens is 243 g/mol. The van der Waals surface area contributed by atoms with Crippen molar-refractivity contribution < 1.29 is 17.9 Å². The van der Waals surface area contributed by atoms with E-state index in [1.807, 2.05) is 13.0 Å². The van der Waals surface area contributed by atoms with Gasteiger partial charge in [0.2, 0.25) is 0 Å². The monoisotopic (exact) mass is 259 g/mol. The zero-order chi connectivity index (χ0) is 13.2. The molecule has 0 bridgehead atoms. The first-order valence-corrected chi connectivity index (χ1v) is 6.05. The van der Waals surface area contributed by atoms with Gasteiger partial charge in [-0.2, -0.15) is 13.2 Å². The zero-order valence-corrected chi connectivity index (χ0v) is 10.2. The van der Waals surface area contributed by atoms with Gasteiger partial charge in [0.15, 0.2) is 6.61 Å². The van der Waals surface area contributed by atoms with E-state index in [2.05, 4.69) is 5.32 Å². The number of fused-ring (bicyclic) bond motifs is 1. The van der Waals surface area contributed by atoms with E-state index in [1.54, 1.807) is 12.1 Å². The van der Waals surface area contributed by atoms with Crippen molar-refractivity contribution in [2.75, 3.05) is 13.2 Å². The summed E-state index contributed by atoms with van der Waals surface area (Å²) in [5, 5.41) is 3.36. The van der Waals surface area contributed by atoms with E-state index in [0.29, 0.717) is 11.8 Å². The van der Waals surface area contributed by atoms with Gasteiger partial charge in [0, 0.05) is 6.04 Å². The highest BCUT2D eigenvalue weighted by atomic mass is 19.4. The number of hydrogen-bond donors (Lipinski definition) is 1. The molecule has 18 heavy (non-hydrogen) atoms. The first-order chi connectivity index (χ1) is 8.49. The van der Waals surface area contributed by atoms with Gasteiger partial charge >= 0.3 is 6.18 Å². The summed E-state index contributed by atoms with van der Waals surface area (Å²) in [6.45, 7) is 1.69. The van der Waals surface area contributed by atoms with Gasteiger partial charge in [0.05, 0.1) is 0 Å². The summed E-state index contributed by atoms with van der Waals surface area (Å²) in [7, 11) is 0. The lowest BCUT2D eigenvalue weighted by Crippen LogP contribution is -2.19. The third-order valence-electron chi connectivity index (χ3n) is 3.05. The normalized spacial score (nSPS) is 18.8. The van der Waals surface area contributed by atoms with Crippen LogP contribution in [0, 0.1) is 0 Å². The number of hydrogen-bond acceptors (Lipinski definition) is 2. The van der Waals surface area contributed by atoms with Gasteiger partial charge in [0.25, 0.3) is 0 Å². The second kappa shape index (κ2) is 5.18. The Balaban J connectivity index is 2.05. The summed E-state index contributed by atoms with van der Waals surface area (Å²) in [5.74, 6) is 0.295. The molecule has 5 heteroatoms. The van der Waals surface area contributed by atoms with Gasteiger partial charge in [-0.3, -0.25) is 0 Å². The molecule has 2 nitrogen and oxygen atoms in total. The quantitative estimate of drug-likeness (QED) is 0.896. The van der Waals surface area contributed by atoms with E-state index in [9.17, 15) is 13.2 Å².